The molecule has 3 nitrogen and oxygen atoms in total. The minimum Gasteiger partial charge on any atom is -0.370 e. The van der Waals surface area contributed by atoms with Crippen LogP contribution in [0.5, 0.6) is 0 Å². The maximum Gasteiger partial charge on any atom is 0.282 e. The van der Waals surface area contributed by atoms with Gasteiger partial charge in [-0.05, 0) is 6.92 Å². The first-order valence-corrected chi connectivity index (χ1v) is 2.15. The SMILES string of the molecule is CCOCC=[N+]=[N-]. The Labute approximate surface area is 42.5 Å². The van der Waals surface area contributed by atoms with E-state index in [1.54, 1.807) is 0 Å². The van der Waals surface area contributed by atoms with Crippen molar-refractivity contribution in [3.8, 4) is 0 Å². The van der Waals surface area contributed by atoms with Gasteiger partial charge in [0.05, 0.1) is 0 Å². The molecule has 0 aliphatic carbocycles. The molecule has 40 valence electrons. The van der Waals surface area contributed by atoms with Gasteiger partial charge in [-0.1, -0.05) is 0 Å². The van der Waals surface area contributed by atoms with Crippen molar-refractivity contribution < 1.29 is 9.53 Å². The molecule has 7 heavy (non-hydrogen) atoms. The Balaban J connectivity index is 2.83. The summed E-state index contributed by atoms with van der Waals surface area (Å²) < 4.78 is 4.76. The van der Waals surface area contributed by atoms with E-state index in [2.05, 4.69) is 4.79 Å². The van der Waals surface area contributed by atoms with Crippen molar-refractivity contribution in [2.75, 3.05) is 13.2 Å². The third kappa shape index (κ3) is 5.34. The summed E-state index contributed by atoms with van der Waals surface area (Å²) in [5.41, 5.74) is 7.78. The summed E-state index contributed by atoms with van der Waals surface area (Å²) in [5.74, 6) is 0. The van der Waals surface area contributed by atoms with Crippen LogP contribution in [0, 0.1) is 0 Å². The van der Waals surface area contributed by atoms with E-state index in [1.165, 1.54) is 6.21 Å². The highest BCUT2D eigenvalue weighted by Gasteiger charge is 1.77. The maximum absolute atomic E-state index is 7.78. The van der Waals surface area contributed by atoms with Gasteiger partial charge in [0.2, 0.25) is 0 Å². The standard InChI is InChI=1S/C4H8N2O/c1-2-7-4-3-6-5/h3H,2,4H2,1H3. The second kappa shape index (κ2) is 5.34. The Morgan fingerprint density at radius 3 is 3.00 bits per heavy atom. The van der Waals surface area contributed by atoms with Crippen LogP contribution in [0.15, 0.2) is 0 Å². The van der Waals surface area contributed by atoms with Crippen LogP contribution in [-0.2, 0) is 4.74 Å². The fourth-order valence-electron chi connectivity index (χ4n) is 0.204. The second-order valence-corrected chi connectivity index (χ2v) is 0.958. The highest BCUT2D eigenvalue weighted by atomic mass is 16.5. The molecule has 0 aromatic carbocycles. The van der Waals surface area contributed by atoms with Crippen molar-refractivity contribution in [3.05, 3.63) is 5.53 Å². The first kappa shape index (κ1) is 6.34. The molecule has 0 unspecified atom stereocenters. The average molecular weight is 100 g/mol. The fourth-order valence-corrected chi connectivity index (χ4v) is 0.204. The zero-order chi connectivity index (χ0) is 5.54. The van der Waals surface area contributed by atoms with E-state index in [9.17, 15) is 0 Å². The Morgan fingerprint density at radius 1 is 1.86 bits per heavy atom. The maximum atomic E-state index is 7.78. The van der Waals surface area contributed by atoms with Crippen molar-refractivity contribution in [1.82, 2.24) is 0 Å². The molecule has 0 N–H and O–H groups in total. The Kier molecular flexibility index (Phi) is 4.84. The summed E-state index contributed by atoms with van der Waals surface area (Å²) in [5, 5.41) is 0. The van der Waals surface area contributed by atoms with E-state index >= 15 is 0 Å². The van der Waals surface area contributed by atoms with Crippen LogP contribution in [0.4, 0.5) is 0 Å². The van der Waals surface area contributed by atoms with Crippen LogP contribution in [0.25, 0.3) is 5.53 Å². The van der Waals surface area contributed by atoms with Crippen LogP contribution in [0.3, 0.4) is 0 Å². The van der Waals surface area contributed by atoms with Gasteiger partial charge < -0.3 is 10.3 Å². The van der Waals surface area contributed by atoms with Crippen LogP contribution >= 0.6 is 0 Å². The number of hydrogen-bond acceptors (Lipinski definition) is 1. The average Bonchev–Trinajstić information content (AvgIpc) is 1.69. The molecule has 0 bridgehead atoms. The predicted molar refractivity (Wildman–Crippen MR) is 26.2 cm³/mol. The lowest BCUT2D eigenvalue weighted by molar-refractivity contribution is -0.00649. The van der Waals surface area contributed by atoms with Gasteiger partial charge >= 0.3 is 0 Å². The molecule has 0 amide bonds. The summed E-state index contributed by atoms with van der Waals surface area (Å²) in [4.78, 5) is 2.72. The van der Waals surface area contributed by atoms with Crippen molar-refractivity contribution >= 4 is 6.21 Å². The smallest absolute Gasteiger partial charge is 0.282 e. The molecule has 0 heterocycles. The highest BCUT2D eigenvalue weighted by Crippen LogP contribution is 1.63. The summed E-state index contributed by atoms with van der Waals surface area (Å²) >= 11 is 0. The van der Waals surface area contributed by atoms with Crippen LogP contribution in [0.1, 0.15) is 6.92 Å². The largest absolute Gasteiger partial charge is 0.370 e. The van der Waals surface area contributed by atoms with E-state index in [-0.39, 0.29) is 0 Å². The normalized spacial score (nSPS) is 7.57. The number of nitrogens with zero attached hydrogens (tertiary/aromatic N) is 2. The van der Waals surface area contributed by atoms with E-state index < -0.39 is 0 Å². The summed E-state index contributed by atoms with van der Waals surface area (Å²) in [6.45, 7) is 2.93. The van der Waals surface area contributed by atoms with E-state index in [1.807, 2.05) is 6.92 Å². The summed E-state index contributed by atoms with van der Waals surface area (Å²) in [7, 11) is 0. The molecule has 0 rings (SSSR count). The van der Waals surface area contributed by atoms with Crippen LogP contribution < -0.4 is 0 Å². The molecule has 0 aliphatic heterocycles. The van der Waals surface area contributed by atoms with E-state index in [4.69, 9.17) is 10.3 Å². The Hall–Kier alpha value is -0.660. The van der Waals surface area contributed by atoms with Crippen molar-refractivity contribution in [3.63, 3.8) is 0 Å². The molecule has 0 aromatic rings. The van der Waals surface area contributed by atoms with E-state index in [0.29, 0.717) is 13.2 Å². The van der Waals surface area contributed by atoms with Crippen LogP contribution in [-0.4, -0.2) is 24.2 Å². The highest BCUT2D eigenvalue weighted by molar-refractivity contribution is 5.51. The first-order chi connectivity index (χ1) is 3.41. The fraction of sp³-hybridized carbons (Fsp3) is 0.750. The molecule has 0 aliphatic rings. The molecular weight excluding hydrogens is 92.1 g/mol. The van der Waals surface area contributed by atoms with Crippen molar-refractivity contribution in [1.29, 1.82) is 0 Å². The number of hydrogen-bond donors (Lipinski definition) is 0. The minimum atomic E-state index is 0.396. The molecular formula is C4H8N2O. The zero-order valence-electron chi connectivity index (χ0n) is 4.29. The molecule has 0 spiro atoms. The third-order valence-corrected chi connectivity index (χ3v) is 0.478. The van der Waals surface area contributed by atoms with Crippen molar-refractivity contribution in [2.45, 2.75) is 6.92 Å². The monoisotopic (exact) mass is 100 g/mol. The summed E-state index contributed by atoms with van der Waals surface area (Å²) in [6.07, 6.45) is 1.30. The molecule has 0 fully saturated rings. The number of rotatable bonds is 3. The minimum absolute atomic E-state index is 0.396. The quantitative estimate of drug-likeness (QED) is 0.218. The lowest BCUT2D eigenvalue weighted by atomic mass is 10.8. The van der Waals surface area contributed by atoms with E-state index in [0.717, 1.165) is 0 Å². The topological polar surface area (TPSA) is 45.6 Å². The van der Waals surface area contributed by atoms with Gasteiger partial charge in [0.25, 0.3) is 6.21 Å². The van der Waals surface area contributed by atoms with Gasteiger partial charge in [0.15, 0.2) is 0 Å². The molecule has 0 saturated heterocycles. The Bertz CT molecular complexity index is 75.8. The van der Waals surface area contributed by atoms with Gasteiger partial charge in [0.1, 0.15) is 6.61 Å². The second-order valence-electron chi connectivity index (χ2n) is 0.958. The van der Waals surface area contributed by atoms with Gasteiger partial charge in [-0.15, -0.1) is 0 Å². The predicted octanol–water partition coefficient (Wildman–Crippen LogP) is 0.324. The molecule has 0 atom stereocenters. The van der Waals surface area contributed by atoms with Gasteiger partial charge in [-0.2, -0.15) is 4.79 Å². The Morgan fingerprint density at radius 2 is 2.57 bits per heavy atom. The molecule has 0 saturated carbocycles. The van der Waals surface area contributed by atoms with Gasteiger partial charge in [-0.3, -0.25) is 0 Å². The lowest BCUT2D eigenvalue weighted by Gasteiger charge is -1.84. The zero-order valence-corrected chi connectivity index (χ0v) is 4.29. The third-order valence-electron chi connectivity index (χ3n) is 0.478. The lowest BCUT2D eigenvalue weighted by Crippen LogP contribution is -1.93. The van der Waals surface area contributed by atoms with Crippen LogP contribution in [0.2, 0.25) is 0 Å². The molecule has 0 aromatic heterocycles. The van der Waals surface area contributed by atoms with Crippen molar-refractivity contribution in [2.24, 2.45) is 0 Å². The van der Waals surface area contributed by atoms with Gasteiger partial charge in [-0.25, -0.2) is 0 Å². The number of ether oxygens (including phenoxy) is 1. The molecule has 3 heteroatoms. The molecule has 0 radical (unpaired) electrons. The summed E-state index contributed by atoms with van der Waals surface area (Å²) in [6, 6.07) is 0. The first-order valence-electron chi connectivity index (χ1n) is 2.15. The van der Waals surface area contributed by atoms with Gasteiger partial charge in [0, 0.05) is 6.61 Å².